The van der Waals surface area contributed by atoms with E-state index in [4.69, 9.17) is 14.5 Å². The van der Waals surface area contributed by atoms with Crippen molar-refractivity contribution in [2.45, 2.75) is 57.4 Å². The Morgan fingerprint density at radius 3 is 2.66 bits per heavy atom. The van der Waals surface area contributed by atoms with Crippen LogP contribution in [0.5, 0.6) is 5.75 Å². The maximum atomic E-state index is 5.61. The number of methoxy groups -OCH3 is 1. The van der Waals surface area contributed by atoms with Crippen LogP contribution >= 0.6 is 0 Å². The highest BCUT2D eigenvalue weighted by Gasteiger charge is 2.29. The second-order valence-corrected chi connectivity index (χ2v) is 10.2. The first kappa shape index (κ1) is 22.5. The van der Waals surface area contributed by atoms with Crippen molar-refractivity contribution in [3.8, 4) is 17.0 Å². The molecule has 0 bridgehead atoms. The second kappa shape index (κ2) is 9.24. The van der Waals surface area contributed by atoms with Crippen molar-refractivity contribution in [2.24, 2.45) is 0 Å². The zero-order valence-electron chi connectivity index (χ0n) is 20.8. The Kier molecular flexibility index (Phi) is 5.94. The Balaban J connectivity index is 1.32. The summed E-state index contributed by atoms with van der Waals surface area (Å²) in [4.78, 5) is 15.9. The Bertz CT molecular complexity index is 1330. The minimum Gasteiger partial charge on any atom is -0.493 e. The van der Waals surface area contributed by atoms with Crippen LogP contribution in [0.2, 0.25) is 0 Å². The summed E-state index contributed by atoms with van der Waals surface area (Å²) in [6, 6.07) is 7.18. The van der Waals surface area contributed by atoms with Crippen LogP contribution in [0.3, 0.4) is 0 Å². The lowest BCUT2D eigenvalue weighted by Gasteiger charge is -2.38. The number of nitrogens with zero attached hydrogens (tertiary/aromatic N) is 5. The highest BCUT2D eigenvalue weighted by atomic mass is 16.5. The molecule has 1 saturated heterocycles. The number of pyridine rings is 2. The molecule has 4 aromatic rings. The quantitative estimate of drug-likeness (QED) is 0.449. The molecule has 0 radical (unpaired) electrons. The van der Waals surface area contributed by atoms with E-state index in [0.717, 1.165) is 48.6 Å². The molecule has 8 heteroatoms. The van der Waals surface area contributed by atoms with Gasteiger partial charge in [0.05, 0.1) is 37.1 Å². The van der Waals surface area contributed by atoms with Crippen molar-refractivity contribution < 1.29 is 9.47 Å². The third-order valence-electron chi connectivity index (χ3n) is 7.81. The number of morpholine rings is 1. The summed E-state index contributed by atoms with van der Waals surface area (Å²) < 4.78 is 12.9. The van der Waals surface area contributed by atoms with E-state index < -0.39 is 0 Å². The number of aromatic amines is 1. The zero-order chi connectivity index (χ0) is 23.9. The van der Waals surface area contributed by atoms with E-state index in [1.165, 1.54) is 36.9 Å². The molecule has 0 amide bonds. The first-order chi connectivity index (χ1) is 17.1. The van der Waals surface area contributed by atoms with Crippen LogP contribution in [0.25, 0.3) is 27.9 Å². The van der Waals surface area contributed by atoms with E-state index in [9.17, 15) is 0 Å². The van der Waals surface area contributed by atoms with Gasteiger partial charge in [0.15, 0.2) is 11.4 Å². The van der Waals surface area contributed by atoms with Crippen LogP contribution in [-0.4, -0.2) is 68.9 Å². The lowest BCUT2D eigenvalue weighted by atomic mass is 9.83. The number of H-pyrrole nitrogens is 1. The predicted molar refractivity (Wildman–Crippen MR) is 136 cm³/mol. The summed E-state index contributed by atoms with van der Waals surface area (Å²) >= 11 is 0. The van der Waals surface area contributed by atoms with E-state index in [0.29, 0.717) is 29.3 Å². The maximum absolute atomic E-state index is 5.61. The predicted octanol–water partition coefficient (Wildman–Crippen LogP) is 4.76. The fraction of sp³-hybridized carbons (Fsp3) is 0.519. The average molecular weight is 475 g/mol. The van der Waals surface area contributed by atoms with Gasteiger partial charge in [0.2, 0.25) is 0 Å². The summed E-state index contributed by atoms with van der Waals surface area (Å²) in [6.45, 7) is 8.38. The van der Waals surface area contributed by atoms with Gasteiger partial charge in [-0.2, -0.15) is 5.10 Å². The molecule has 5 heterocycles. The van der Waals surface area contributed by atoms with Crippen LogP contribution in [-0.2, 0) is 4.74 Å². The zero-order valence-corrected chi connectivity index (χ0v) is 20.8. The van der Waals surface area contributed by atoms with Crippen LogP contribution in [0.1, 0.15) is 62.6 Å². The minimum absolute atomic E-state index is 0.316. The Morgan fingerprint density at radius 1 is 1.11 bits per heavy atom. The van der Waals surface area contributed by atoms with Crippen LogP contribution in [0.4, 0.5) is 0 Å². The largest absolute Gasteiger partial charge is 0.493 e. The van der Waals surface area contributed by atoms with Gasteiger partial charge in [0, 0.05) is 48.1 Å². The molecule has 1 aliphatic heterocycles. The fourth-order valence-electron chi connectivity index (χ4n) is 5.98. The van der Waals surface area contributed by atoms with Gasteiger partial charge in [0.25, 0.3) is 0 Å². The topological polar surface area (TPSA) is 80.6 Å². The van der Waals surface area contributed by atoms with Gasteiger partial charge < -0.3 is 14.5 Å². The monoisotopic (exact) mass is 474 g/mol. The molecule has 1 aliphatic carbocycles. The van der Waals surface area contributed by atoms with E-state index in [2.05, 4.69) is 45.9 Å². The lowest BCUT2D eigenvalue weighted by molar-refractivity contribution is 0.00721. The number of hydrogen-bond donors (Lipinski definition) is 1. The molecule has 184 valence electrons. The summed E-state index contributed by atoms with van der Waals surface area (Å²) in [5.74, 6) is 1.55. The molecule has 8 nitrogen and oxygen atoms in total. The lowest BCUT2D eigenvalue weighted by Crippen LogP contribution is -2.44. The van der Waals surface area contributed by atoms with Gasteiger partial charge in [-0.05, 0) is 49.8 Å². The summed E-state index contributed by atoms with van der Waals surface area (Å²) in [5, 5.41) is 4.34. The first-order valence-electron chi connectivity index (χ1n) is 12.8. The number of fused-ring (bicyclic) bond motifs is 2. The number of aromatic nitrogens is 5. The maximum Gasteiger partial charge on any atom is 0.197 e. The van der Waals surface area contributed by atoms with E-state index in [1.807, 2.05) is 12.3 Å². The van der Waals surface area contributed by atoms with Crippen molar-refractivity contribution >= 4 is 16.7 Å². The smallest absolute Gasteiger partial charge is 0.197 e. The van der Waals surface area contributed by atoms with Crippen LogP contribution in [0.15, 0.2) is 30.7 Å². The molecule has 2 aliphatic rings. The third-order valence-corrected chi connectivity index (χ3v) is 7.81. The van der Waals surface area contributed by atoms with Crippen molar-refractivity contribution in [3.05, 3.63) is 42.0 Å². The Labute approximate surface area is 205 Å². The van der Waals surface area contributed by atoms with Crippen LogP contribution in [0, 0.1) is 0 Å². The van der Waals surface area contributed by atoms with Gasteiger partial charge in [-0.3, -0.25) is 9.88 Å². The molecule has 4 aromatic heterocycles. The number of hydrogen-bond acceptors (Lipinski definition) is 6. The average Bonchev–Trinajstić information content (AvgIpc) is 3.53. The highest BCUT2D eigenvalue weighted by molar-refractivity contribution is 5.89. The Morgan fingerprint density at radius 2 is 1.91 bits per heavy atom. The molecule has 0 aromatic carbocycles. The molecule has 0 atom stereocenters. The fourth-order valence-corrected chi connectivity index (χ4v) is 5.98. The van der Waals surface area contributed by atoms with E-state index >= 15 is 0 Å². The molecule has 0 unspecified atom stereocenters. The summed E-state index contributed by atoms with van der Waals surface area (Å²) in [5.41, 5.74) is 7.44. The van der Waals surface area contributed by atoms with E-state index in [1.54, 1.807) is 18.0 Å². The molecule has 0 spiro atoms. The van der Waals surface area contributed by atoms with Gasteiger partial charge in [0.1, 0.15) is 6.33 Å². The second-order valence-electron chi connectivity index (χ2n) is 10.2. The van der Waals surface area contributed by atoms with Gasteiger partial charge in [-0.25, -0.2) is 9.50 Å². The SMILES string of the molecule is COc1cc(-c2[nH]c3ccc(C4CCC(N5CCOCC5)CC4)nc3c2C(C)C)cn2ncnc12. The number of nitrogens with one attached hydrogen (secondary N) is 1. The molecule has 1 saturated carbocycles. The molecule has 35 heavy (non-hydrogen) atoms. The van der Waals surface area contributed by atoms with Crippen LogP contribution < -0.4 is 4.74 Å². The highest BCUT2D eigenvalue weighted by Crippen LogP contribution is 2.39. The van der Waals surface area contributed by atoms with Gasteiger partial charge in [-0.1, -0.05) is 13.8 Å². The number of ether oxygens (including phenoxy) is 2. The molecular formula is C27H34N6O2. The van der Waals surface area contributed by atoms with Crippen molar-refractivity contribution in [3.63, 3.8) is 0 Å². The first-order valence-corrected chi connectivity index (χ1v) is 12.8. The molecular weight excluding hydrogens is 440 g/mol. The Hall–Kier alpha value is -2.97. The third kappa shape index (κ3) is 4.08. The van der Waals surface area contributed by atoms with Crippen molar-refractivity contribution in [1.29, 1.82) is 0 Å². The van der Waals surface area contributed by atoms with E-state index in [-0.39, 0.29) is 0 Å². The normalized spacial score (nSPS) is 21.8. The van der Waals surface area contributed by atoms with Gasteiger partial charge >= 0.3 is 0 Å². The summed E-state index contributed by atoms with van der Waals surface area (Å²) in [6.07, 6.45) is 8.46. The van der Waals surface area contributed by atoms with Crippen molar-refractivity contribution in [1.82, 2.24) is 29.5 Å². The number of rotatable bonds is 5. The van der Waals surface area contributed by atoms with Gasteiger partial charge in [-0.15, -0.1) is 0 Å². The standard InChI is InChI=1S/C27H34N6O2/c1-17(2)24-25(19-14-23(34-3)27-28-16-29-33(27)15-19)31-22-9-8-21(30-26(22)24)18-4-6-20(7-5-18)32-10-12-35-13-11-32/h8-9,14-18,20,31H,4-7,10-13H2,1-3H3. The molecule has 2 fully saturated rings. The molecule has 1 N–H and O–H groups in total. The summed E-state index contributed by atoms with van der Waals surface area (Å²) in [7, 11) is 1.67. The van der Waals surface area contributed by atoms with Crippen molar-refractivity contribution in [2.75, 3.05) is 33.4 Å². The minimum atomic E-state index is 0.316. The molecule has 6 rings (SSSR count).